The Morgan fingerprint density at radius 2 is 2.00 bits per heavy atom. The Kier molecular flexibility index (Phi) is 3.72. The summed E-state index contributed by atoms with van der Waals surface area (Å²) >= 11 is 1.87. The van der Waals surface area contributed by atoms with Crippen molar-refractivity contribution in [1.82, 2.24) is 0 Å². The van der Waals surface area contributed by atoms with Crippen molar-refractivity contribution in [1.29, 1.82) is 0 Å². The maximum absolute atomic E-state index is 11.2. The molecule has 2 heteroatoms. The zero-order valence-electron chi connectivity index (χ0n) is 6.96. The lowest BCUT2D eigenvalue weighted by Crippen LogP contribution is -2.03. The fraction of sp³-hybridized carbons (Fsp3) is 0.300. The third kappa shape index (κ3) is 2.30. The van der Waals surface area contributed by atoms with Gasteiger partial charge in [-0.2, -0.15) is 0 Å². The van der Waals surface area contributed by atoms with E-state index >= 15 is 0 Å². The van der Waals surface area contributed by atoms with Crippen molar-refractivity contribution in [3.8, 4) is 0 Å². The number of carbonyl (C=O) groups excluding carboxylic acids is 1. The minimum Gasteiger partial charge on any atom is -0.287 e. The number of hydrogen-bond acceptors (Lipinski definition) is 1. The standard InChI is InChI=1S/C10H11IO/c1-2-9(10(11)12)8-6-4-3-5-7-8/h3-7,9H,2H2,1H3/t9-/m0/s1. The van der Waals surface area contributed by atoms with Crippen molar-refractivity contribution in [2.24, 2.45) is 0 Å². The Balaban J connectivity index is 2.88. The molecule has 0 aliphatic rings. The first-order chi connectivity index (χ1) is 5.75. The van der Waals surface area contributed by atoms with Crippen molar-refractivity contribution in [2.45, 2.75) is 19.3 Å². The highest BCUT2D eigenvalue weighted by Gasteiger charge is 2.14. The van der Waals surface area contributed by atoms with Gasteiger partial charge in [0.2, 0.25) is 0 Å². The van der Waals surface area contributed by atoms with Crippen LogP contribution >= 0.6 is 22.6 Å². The molecule has 0 saturated heterocycles. The van der Waals surface area contributed by atoms with E-state index in [-0.39, 0.29) is 9.71 Å². The van der Waals surface area contributed by atoms with Crippen molar-refractivity contribution in [3.05, 3.63) is 35.9 Å². The Bertz CT molecular complexity index is 256. The van der Waals surface area contributed by atoms with E-state index in [1.54, 1.807) is 0 Å². The first kappa shape index (κ1) is 9.71. The lowest BCUT2D eigenvalue weighted by molar-refractivity contribution is -0.110. The van der Waals surface area contributed by atoms with Crippen LogP contribution in [0.1, 0.15) is 24.8 Å². The molecule has 0 amide bonds. The molecule has 0 bridgehead atoms. The molecule has 0 saturated carbocycles. The summed E-state index contributed by atoms with van der Waals surface area (Å²) < 4.78 is 0.223. The monoisotopic (exact) mass is 274 g/mol. The predicted octanol–water partition coefficient (Wildman–Crippen LogP) is 3.14. The lowest BCUT2D eigenvalue weighted by Gasteiger charge is -2.09. The Labute approximate surface area is 86.3 Å². The van der Waals surface area contributed by atoms with Gasteiger partial charge in [-0.3, -0.25) is 4.79 Å². The average molecular weight is 274 g/mol. The van der Waals surface area contributed by atoms with E-state index in [2.05, 4.69) is 0 Å². The second kappa shape index (κ2) is 4.60. The van der Waals surface area contributed by atoms with Crippen LogP contribution in [0.3, 0.4) is 0 Å². The largest absolute Gasteiger partial charge is 0.287 e. The molecule has 1 aromatic rings. The molecular formula is C10H11IO. The van der Waals surface area contributed by atoms with E-state index in [9.17, 15) is 4.79 Å². The van der Waals surface area contributed by atoms with Gasteiger partial charge in [-0.25, -0.2) is 0 Å². The molecule has 1 rings (SSSR count). The van der Waals surface area contributed by atoms with Crippen LogP contribution in [0.5, 0.6) is 0 Å². The van der Waals surface area contributed by atoms with E-state index in [1.165, 1.54) is 0 Å². The second-order valence-corrected chi connectivity index (χ2v) is 3.74. The van der Waals surface area contributed by atoms with Gasteiger partial charge in [0.1, 0.15) is 0 Å². The molecule has 0 radical (unpaired) electrons. The summed E-state index contributed by atoms with van der Waals surface area (Å²) in [7, 11) is 0. The zero-order valence-corrected chi connectivity index (χ0v) is 9.11. The molecule has 1 nitrogen and oxygen atoms in total. The quantitative estimate of drug-likeness (QED) is 0.611. The second-order valence-electron chi connectivity index (χ2n) is 2.68. The van der Waals surface area contributed by atoms with Gasteiger partial charge in [0, 0.05) is 22.6 Å². The maximum atomic E-state index is 11.2. The third-order valence-electron chi connectivity index (χ3n) is 1.88. The predicted molar refractivity (Wildman–Crippen MR) is 58.5 cm³/mol. The molecule has 0 aliphatic heterocycles. The SMILES string of the molecule is CC[C@H](C(=O)I)c1ccccc1. The minimum atomic E-state index is 0.0757. The summed E-state index contributed by atoms with van der Waals surface area (Å²) in [5.74, 6) is 0.0757. The Morgan fingerprint density at radius 1 is 1.42 bits per heavy atom. The fourth-order valence-electron chi connectivity index (χ4n) is 1.21. The molecule has 0 spiro atoms. The molecule has 0 unspecified atom stereocenters. The summed E-state index contributed by atoms with van der Waals surface area (Å²) in [5.41, 5.74) is 1.12. The van der Waals surface area contributed by atoms with Crippen molar-refractivity contribution < 1.29 is 4.79 Å². The van der Waals surface area contributed by atoms with Gasteiger partial charge in [-0.05, 0) is 12.0 Å². The van der Waals surface area contributed by atoms with Crippen LogP contribution in [0.4, 0.5) is 0 Å². The molecule has 0 aliphatic carbocycles. The van der Waals surface area contributed by atoms with E-state index < -0.39 is 0 Å². The van der Waals surface area contributed by atoms with Crippen LogP contribution in [0.2, 0.25) is 0 Å². The average Bonchev–Trinajstić information content (AvgIpc) is 2.07. The van der Waals surface area contributed by atoms with Crippen molar-refractivity contribution in [3.63, 3.8) is 0 Å². The summed E-state index contributed by atoms with van der Waals surface area (Å²) in [6.07, 6.45) is 0.881. The molecular weight excluding hydrogens is 263 g/mol. The molecule has 0 aromatic heterocycles. The number of carbonyl (C=O) groups is 1. The third-order valence-corrected chi connectivity index (χ3v) is 2.64. The van der Waals surface area contributed by atoms with Crippen LogP contribution < -0.4 is 0 Å². The van der Waals surface area contributed by atoms with E-state index in [1.807, 2.05) is 59.8 Å². The Morgan fingerprint density at radius 3 is 2.42 bits per heavy atom. The highest BCUT2D eigenvalue weighted by Crippen LogP contribution is 2.22. The van der Waals surface area contributed by atoms with Gasteiger partial charge in [0.05, 0.1) is 5.92 Å². The Hall–Kier alpha value is -0.380. The van der Waals surface area contributed by atoms with Gasteiger partial charge in [-0.1, -0.05) is 37.3 Å². The molecule has 1 atom stereocenters. The number of benzene rings is 1. The van der Waals surface area contributed by atoms with Gasteiger partial charge in [0.25, 0.3) is 0 Å². The lowest BCUT2D eigenvalue weighted by atomic mass is 9.98. The first-order valence-electron chi connectivity index (χ1n) is 4.00. The van der Waals surface area contributed by atoms with E-state index in [4.69, 9.17) is 0 Å². The van der Waals surface area contributed by atoms with Gasteiger partial charge in [0.15, 0.2) is 3.79 Å². The highest BCUT2D eigenvalue weighted by atomic mass is 127. The van der Waals surface area contributed by atoms with Crippen molar-refractivity contribution >= 4 is 26.4 Å². The van der Waals surface area contributed by atoms with Crippen LogP contribution in [0.15, 0.2) is 30.3 Å². The molecule has 0 N–H and O–H groups in total. The minimum absolute atomic E-state index is 0.0757. The maximum Gasteiger partial charge on any atom is 0.199 e. The van der Waals surface area contributed by atoms with Crippen LogP contribution in [-0.2, 0) is 4.79 Å². The van der Waals surface area contributed by atoms with E-state index in [0.29, 0.717) is 0 Å². The number of hydrogen-bond donors (Lipinski definition) is 0. The number of rotatable bonds is 3. The molecule has 64 valence electrons. The van der Waals surface area contributed by atoms with Crippen molar-refractivity contribution in [2.75, 3.05) is 0 Å². The molecule has 0 heterocycles. The van der Waals surface area contributed by atoms with Crippen LogP contribution in [0.25, 0.3) is 0 Å². The molecule has 0 fully saturated rings. The molecule has 1 aromatic carbocycles. The first-order valence-corrected chi connectivity index (χ1v) is 5.08. The summed E-state index contributed by atoms with van der Waals surface area (Å²) in [4.78, 5) is 11.2. The van der Waals surface area contributed by atoms with E-state index in [0.717, 1.165) is 12.0 Å². The van der Waals surface area contributed by atoms with Crippen LogP contribution in [0, 0.1) is 0 Å². The fourth-order valence-corrected chi connectivity index (χ4v) is 2.01. The van der Waals surface area contributed by atoms with Crippen LogP contribution in [-0.4, -0.2) is 3.79 Å². The highest BCUT2D eigenvalue weighted by molar-refractivity contribution is 14.1. The summed E-state index contributed by atoms with van der Waals surface area (Å²) in [6, 6.07) is 9.92. The summed E-state index contributed by atoms with van der Waals surface area (Å²) in [6.45, 7) is 2.04. The topological polar surface area (TPSA) is 17.1 Å². The zero-order chi connectivity index (χ0) is 8.97. The van der Waals surface area contributed by atoms with Gasteiger partial charge >= 0.3 is 0 Å². The normalized spacial score (nSPS) is 12.5. The summed E-state index contributed by atoms with van der Waals surface area (Å²) in [5, 5.41) is 0. The molecule has 12 heavy (non-hydrogen) atoms. The van der Waals surface area contributed by atoms with Gasteiger partial charge < -0.3 is 0 Å². The number of halogens is 1. The smallest absolute Gasteiger partial charge is 0.199 e. The van der Waals surface area contributed by atoms with Gasteiger partial charge in [-0.15, -0.1) is 0 Å².